The van der Waals surface area contributed by atoms with E-state index in [1.165, 1.54) is 12.8 Å². The average Bonchev–Trinajstić information content (AvgIpc) is 3.11. The lowest BCUT2D eigenvalue weighted by molar-refractivity contribution is 0.172. The predicted molar refractivity (Wildman–Crippen MR) is 63.1 cm³/mol. The van der Waals surface area contributed by atoms with E-state index in [9.17, 15) is 0 Å². The summed E-state index contributed by atoms with van der Waals surface area (Å²) in [7, 11) is 3.36. The van der Waals surface area contributed by atoms with E-state index < -0.39 is 0 Å². The molecule has 0 aromatic rings. The standard InChI is InChI=1S/C10H22N4O2/c1-15-7-5-12-10(13-11)14(6-8-16-2)9-3-4-9/h9H,3-8,11H2,1-2H3,(H,12,13). The van der Waals surface area contributed by atoms with E-state index in [-0.39, 0.29) is 0 Å². The summed E-state index contributed by atoms with van der Waals surface area (Å²) < 4.78 is 10.0. The summed E-state index contributed by atoms with van der Waals surface area (Å²) in [6, 6.07) is 0.562. The fraction of sp³-hybridized carbons (Fsp3) is 0.900. The van der Waals surface area contributed by atoms with E-state index in [1.807, 2.05) is 0 Å². The minimum absolute atomic E-state index is 0.562. The molecule has 0 atom stereocenters. The summed E-state index contributed by atoms with van der Waals surface area (Å²) in [5.74, 6) is 6.22. The Morgan fingerprint density at radius 1 is 1.38 bits per heavy atom. The van der Waals surface area contributed by atoms with Crippen molar-refractivity contribution in [3.05, 3.63) is 0 Å². The number of nitrogens with zero attached hydrogens (tertiary/aromatic N) is 2. The molecular weight excluding hydrogens is 208 g/mol. The Labute approximate surface area is 96.8 Å². The Morgan fingerprint density at radius 2 is 2.06 bits per heavy atom. The number of ether oxygens (including phenoxy) is 2. The van der Waals surface area contributed by atoms with E-state index in [0.717, 1.165) is 12.5 Å². The highest BCUT2D eigenvalue weighted by atomic mass is 16.5. The Morgan fingerprint density at radius 3 is 2.56 bits per heavy atom. The number of hydrogen-bond donors (Lipinski definition) is 2. The zero-order valence-electron chi connectivity index (χ0n) is 10.1. The molecule has 16 heavy (non-hydrogen) atoms. The van der Waals surface area contributed by atoms with Crippen molar-refractivity contribution in [3.8, 4) is 0 Å². The quantitative estimate of drug-likeness (QED) is 0.204. The van der Waals surface area contributed by atoms with Crippen LogP contribution in [-0.2, 0) is 9.47 Å². The molecule has 1 aliphatic rings. The zero-order chi connectivity index (χ0) is 11.8. The van der Waals surface area contributed by atoms with Crippen LogP contribution in [0.2, 0.25) is 0 Å². The maximum Gasteiger partial charge on any atom is 0.208 e. The lowest BCUT2D eigenvalue weighted by Crippen LogP contribution is -2.47. The number of methoxy groups -OCH3 is 2. The first kappa shape index (κ1) is 13.2. The van der Waals surface area contributed by atoms with E-state index in [2.05, 4.69) is 15.3 Å². The summed E-state index contributed by atoms with van der Waals surface area (Å²) in [6.07, 6.45) is 2.41. The van der Waals surface area contributed by atoms with Gasteiger partial charge in [-0.1, -0.05) is 0 Å². The number of rotatable bonds is 7. The van der Waals surface area contributed by atoms with E-state index in [0.29, 0.717) is 25.8 Å². The van der Waals surface area contributed by atoms with Gasteiger partial charge >= 0.3 is 0 Å². The minimum Gasteiger partial charge on any atom is -0.383 e. The number of hydrazine groups is 1. The molecule has 0 bridgehead atoms. The van der Waals surface area contributed by atoms with Crippen molar-refractivity contribution in [2.24, 2.45) is 10.8 Å². The van der Waals surface area contributed by atoms with Gasteiger partial charge in [0.05, 0.1) is 19.8 Å². The monoisotopic (exact) mass is 230 g/mol. The largest absolute Gasteiger partial charge is 0.383 e. The van der Waals surface area contributed by atoms with Crippen LogP contribution in [0.15, 0.2) is 4.99 Å². The third-order valence-corrected chi connectivity index (χ3v) is 2.48. The highest BCUT2D eigenvalue weighted by Gasteiger charge is 2.30. The second-order valence-electron chi connectivity index (χ2n) is 3.76. The van der Waals surface area contributed by atoms with Crippen LogP contribution in [0.1, 0.15) is 12.8 Å². The molecule has 0 spiro atoms. The molecule has 6 heteroatoms. The Bertz CT molecular complexity index is 219. The van der Waals surface area contributed by atoms with E-state index in [1.54, 1.807) is 14.2 Å². The topological polar surface area (TPSA) is 72.1 Å². The van der Waals surface area contributed by atoms with Gasteiger partial charge in [0.25, 0.3) is 0 Å². The van der Waals surface area contributed by atoms with Crippen LogP contribution in [0.3, 0.4) is 0 Å². The Hall–Kier alpha value is -0.850. The molecule has 1 aliphatic carbocycles. The van der Waals surface area contributed by atoms with Crippen molar-refractivity contribution < 1.29 is 9.47 Å². The molecule has 1 saturated carbocycles. The lowest BCUT2D eigenvalue weighted by atomic mass is 10.5. The van der Waals surface area contributed by atoms with Crippen LogP contribution in [0.25, 0.3) is 0 Å². The zero-order valence-corrected chi connectivity index (χ0v) is 10.1. The number of nitrogens with one attached hydrogen (secondary N) is 1. The molecular formula is C10H22N4O2. The smallest absolute Gasteiger partial charge is 0.208 e. The number of nitrogens with two attached hydrogens (primary N) is 1. The maximum atomic E-state index is 5.49. The van der Waals surface area contributed by atoms with Crippen molar-refractivity contribution in [1.29, 1.82) is 0 Å². The van der Waals surface area contributed by atoms with Crippen LogP contribution in [0, 0.1) is 0 Å². The second-order valence-corrected chi connectivity index (χ2v) is 3.76. The third kappa shape index (κ3) is 4.34. The molecule has 3 N–H and O–H groups in total. The van der Waals surface area contributed by atoms with Gasteiger partial charge in [0, 0.05) is 26.8 Å². The first-order chi connectivity index (χ1) is 7.83. The van der Waals surface area contributed by atoms with Crippen LogP contribution < -0.4 is 11.3 Å². The summed E-state index contributed by atoms with van der Waals surface area (Å²) in [6.45, 7) is 2.72. The first-order valence-electron chi connectivity index (χ1n) is 5.59. The second kappa shape index (κ2) is 7.43. The van der Waals surface area contributed by atoms with Gasteiger partial charge < -0.3 is 14.4 Å². The van der Waals surface area contributed by atoms with E-state index in [4.69, 9.17) is 15.3 Å². The van der Waals surface area contributed by atoms with Gasteiger partial charge in [0.1, 0.15) is 0 Å². The molecule has 1 rings (SSSR count). The molecule has 0 saturated heterocycles. The maximum absolute atomic E-state index is 5.49. The van der Waals surface area contributed by atoms with Gasteiger partial charge in [0.2, 0.25) is 5.96 Å². The summed E-state index contributed by atoms with van der Waals surface area (Å²) in [5, 5.41) is 0. The van der Waals surface area contributed by atoms with Crippen molar-refractivity contribution in [3.63, 3.8) is 0 Å². The molecule has 0 radical (unpaired) electrons. The summed E-state index contributed by atoms with van der Waals surface area (Å²) in [4.78, 5) is 6.54. The number of hydrogen-bond acceptors (Lipinski definition) is 4. The van der Waals surface area contributed by atoms with Crippen LogP contribution >= 0.6 is 0 Å². The van der Waals surface area contributed by atoms with Gasteiger partial charge in [-0.3, -0.25) is 5.43 Å². The molecule has 6 nitrogen and oxygen atoms in total. The van der Waals surface area contributed by atoms with Gasteiger partial charge in [-0.05, 0) is 12.8 Å². The molecule has 0 aromatic heterocycles. The van der Waals surface area contributed by atoms with Crippen LogP contribution in [-0.4, -0.2) is 57.4 Å². The molecule has 0 unspecified atom stereocenters. The number of aliphatic imine (C=N–C) groups is 1. The molecule has 94 valence electrons. The fourth-order valence-electron chi connectivity index (χ4n) is 1.50. The lowest BCUT2D eigenvalue weighted by Gasteiger charge is -2.25. The highest BCUT2D eigenvalue weighted by Crippen LogP contribution is 2.26. The van der Waals surface area contributed by atoms with Crippen molar-refractivity contribution in [2.75, 3.05) is 40.5 Å². The fourth-order valence-corrected chi connectivity index (χ4v) is 1.50. The molecule has 1 fully saturated rings. The third-order valence-electron chi connectivity index (χ3n) is 2.48. The molecule has 0 aromatic carbocycles. The van der Waals surface area contributed by atoms with Gasteiger partial charge in [0.15, 0.2) is 0 Å². The predicted octanol–water partition coefficient (Wildman–Crippen LogP) is -0.437. The molecule has 0 aliphatic heterocycles. The molecule has 0 heterocycles. The van der Waals surface area contributed by atoms with Gasteiger partial charge in [-0.25, -0.2) is 10.8 Å². The number of guanidine groups is 1. The first-order valence-corrected chi connectivity index (χ1v) is 5.59. The Kier molecular flexibility index (Phi) is 6.14. The van der Waals surface area contributed by atoms with Crippen molar-refractivity contribution in [2.45, 2.75) is 18.9 Å². The average molecular weight is 230 g/mol. The van der Waals surface area contributed by atoms with E-state index >= 15 is 0 Å². The van der Waals surface area contributed by atoms with Gasteiger partial charge in [-0.2, -0.15) is 0 Å². The highest BCUT2D eigenvalue weighted by molar-refractivity contribution is 5.80. The van der Waals surface area contributed by atoms with Crippen LogP contribution in [0.4, 0.5) is 0 Å². The molecule has 0 amide bonds. The summed E-state index contributed by atoms with van der Waals surface area (Å²) in [5.41, 5.74) is 2.66. The SMILES string of the molecule is COCCN=C(NN)N(CCOC)C1CC1. The van der Waals surface area contributed by atoms with Gasteiger partial charge in [-0.15, -0.1) is 0 Å². The Balaban J connectivity index is 2.47. The van der Waals surface area contributed by atoms with Crippen molar-refractivity contribution in [1.82, 2.24) is 10.3 Å². The van der Waals surface area contributed by atoms with Crippen molar-refractivity contribution >= 4 is 5.96 Å². The summed E-state index contributed by atoms with van der Waals surface area (Å²) >= 11 is 0. The normalized spacial score (nSPS) is 16.3. The minimum atomic E-state index is 0.562. The van der Waals surface area contributed by atoms with Crippen LogP contribution in [0.5, 0.6) is 0 Å².